The van der Waals surface area contributed by atoms with Crippen molar-refractivity contribution < 1.29 is 13.2 Å². The Bertz CT molecular complexity index is 1130. The summed E-state index contributed by atoms with van der Waals surface area (Å²) in [4.78, 5) is 12.3. The Balaban J connectivity index is 1.76. The summed E-state index contributed by atoms with van der Waals surface area (Å²) in [6.07, 6.45) is 3.27. The number of sulfonamides is 1. The van der Waals surface area contributed by atoms with Crippen LogP contribution in [0.4, 0.5) is 11.4 Å². The van der Waals surface area contributed by atoms with E-state index in [0.717, 1.165) is 0 Å². The highest BCUT2D eigenvalue weighted by molar-refractivity contribution is 7.92. The van der Waals surface area contributed by atoms with E-state index in [0.29, 0.717) is 5.69 Å². The molecule has 1 heterocycles. The van der Waals surface area contributed by atoms with Crippen LogP contribution >= 0.6 is 0 Å². The van der Waals surface area contributed by atoms with Crippen LogP contribution < -0.4 is 10.0 Å². The summed E-state index contributed by atoms with van der Waals surface area (Å²) in [5, 5.41) is 15.7. The Morgan fingerprint density at radius 2 is 1.89 bits per heavy atom. The van der Waals surface area contributed by atoms with Gasteiger partial charge in [-0.3, -0.25) is 14.2 Å². The molecular weight excluding hydrogens is 378 g/mol. The van der Waals surface area contributed by atoms with E-state index in [1.165, 1.54) is 35.0 Å². The van der Waals surface area contributed by atoms with Gasteiger partial charge in [0.05, 0.1) is 22.2 Å². The van der Waals surface area contributed by atoms with Crippen molar-refractivity contribution in [2.75, 3.05) is 10.0 Å². The van der Waals surface area contributed by atoms with Crippen molar-refractivity contribution in [2.45, 2.75) is 17.9 Å². The number of benzene rings is 2. The average Bonchev–Trinajstić information content (AvgIpc) is 3.22. The molecule has 142 valence electrons. The molecule has 1 aromatic heterocycles. The number of nitrogens with one attached hydrogen (secondary N) is 2. The van der Waals surface area contributed by atoms with Crippen molar-refractivity contribution in [3.8, 4) is 6.07 Å². The van der Waals surface area contributed by atoms with Crippen molar-refractivity contribution >= 4 is 27.3 Å². The highest BCUT2D eigenvalue weighted by Gasteiger charge is 2.17. The number of carbonyl (C=O) groups is 1. The SMILES string of the molecule is CC(C(=O)Nc1cccc(NS(=O)(=O)c2cccc(C#N)c2)c1)n1cccn1. The maximum absolute atomic E-state index is 12.5. The summed E-state index contributed by atoms with van der Waals surface area (Å²) in [5.74, 6) is -0.287. The van der Waals surface area contributed by atoms with Gasteiger partial charge in [0.2, 0.25) is 5.91 Å². The number of aromatic nitrogens is 2. The first kappa shape index (κ1) is 19.1. The average molecular weight is 395 g/mol. The molecular formula is C19H17N5O3S. The van der Waals surface area contributed by atoms with Crippen LogP contribution in [0.3, 0.4) is 0 Å². The molecule has 1 unspecified atom stereocenters. The lowest BCUT2D eigenvalue weighted by molar-refractivity contribution is -0.119. The highest BCUT2D eigenvalue weighted by atomic mass is 32.2. The van der Waals surface area contributed by atoms with Gasteiger partial charge in [-0.2, -0.15) is 10.4 Å². The van der Waals surface area contributed by atoms with E-state index in [2.05, 4.69) is 15.1 Å². The normalized spacial score (nSPS) is 12.0. The van der Waals surface area contributed by atoms with Crippen molar-refractivity contribution in [1.82, 2.24) is 9.78 Å². The molecule has 0 aliphatic carbocycles. The van der Waals surface area contributed by atoms with Gasteiger partial charge in [0.15, 0.2) is 0 Å². The van der Waals surface area contributed by atoms with Gasteiger partial charge in [0.1, 0.15) is 6.04 Å². The fraction of sp³-hybridized carbons (Fsp3) is 0.105. The van der Waals surface area contributed by atoms with Crippen molar-refractivity contribution in [2.24, 2.45) is 0 Å². The Labute approximate surface area is 162 Å². The van der Waals surface area contributed by atoms with Crippen molar-refractivity contribution in [3.05, 3.63) is 72.6 Å². The summed E-state index contributed by atoms with van der Waals surface area (Å²) < 4.78 is 29.1. The minimum absolute atomic E-state index is 0.0201. The van der Waals surface area contributed by atoms with Gasteiger partial charge in [-0.05, 0) is 49.4 Å². The number of carbonyl (C=O) groups excluding carboxylic acids is 1. The van der Waals surface area contributed by atoms with E-state index < -0.39 is 16.1 Å². The molecule has 1 atom stereocenters. The van der Waals surface area contributed by atoms with Gasteiger partial charge in [0, 0.05) is 18.1 Å². The van der Waals surface area contributed by atoms with Crippen LogP contribution in [0.15, 0.2) is 71.9 Å². The first-order valence-corrected chi connectivity index (χ1v) is 9.80. The van der Waals surface area contributed by atoms with E-state index in [1.807, 2.05) is 6.07 Å². The largest absolute Gasteiger partial charge is 0.324 e. The predicted molar refractivity (Wildman–Crippen MR) is 104 cm³/mol. The lowest BCUT2D eigenvalue weighted by Crippen LogP contribution is -2.24. The number of amides is 1. The van der Waals surface area contributed by atoms with Gasteiger partial charge in [0.25, 0.3) is 10.0 Å². The fourth-order valence-corrected chi connectivity index (χ4v) is 3.58. The van der Waals surface area contributed by atoms with Crippen molar-refractivity contribution in [1.29, 1.82) is 5.26 Å². The van der Waals surface area contributed by atoms with Crippen LogP contribution in [0, 0.1) is 11.3 Å². The molecule has 9 heteroatoms. The second-order valence-corrected chi connectivity index (χ2v) is 7.66. The molecule has 0 aliphatic rings. The number of hydrogen-bond acceptors (Lipinski definition) is 5. The Morgan fingerprint density at radius 1 is 1.14 bits per heavy atom. The van der Waals surface area contributed by atoms with Gasteiger partial charge in [-0.1, -0.05) is 12.1 Å². The molecule has 28 heavy (non-hydrogen) atoms. The van der Waals surface area contributed by atoms with E-state index in [1.54, 1.807) is 43.6 Å². The summed E-state index contributed by atoms with van der Waals surface area (Å²) in [6.45, 7) is 1.71. The third-order valence-electron chi connectivity index (χ3n) is 3.96. The van der Waals surface area contributed by atoms with Crippen LogP contribution in [-0.2, 0) is 14.8 Å². The first-order chi connectivity index (χ1) is 13.4. The molecule has 8 nitrogen and oxygen atoms in total. The maximum Gasteiger partial charge on any atom is 0.261 e. The third-order valence-corrected chi connectivity index (χ3v) is 5.34. The Hall–Kier alpha value is -3.64. The van der Waals surface area contributed by atoms with Crippen LogP contribution in [0.25, 0.3) is 0 Å². The fourth-order valence-electron chi connectivity index (χ4n) is 2.48. The maximum atomic E-state index is 12.5. The molecule has 2 aromatic carbocycles. The van der Waals surface area contributed by atoms with Crippen LogP contribution in [0.1, 0.15) is 18.5 Å². The smallest absolute Gasteiger partial charge is 0.261 e. The summed E-state index contributed by atoms with van der Waals surface area (Å²) in [7, 11) is -3.87. The van der Waals surface area contributed by atoms with E-state index in [4.69, 9.17) is 5.26 Å². The van der Waals surface area contributed by atoms with Gasteiger partial charge in [-0.25, -0.2) is 8.42 Å². The molecule has 0 saturated carbocycles. The quantitative estimate of drug-likeness (QED) is 0.665. The van der Waals surface area contributed by atoms with E-state index in [9.17, 15) is 13.2 Å². The lowest BCUT2D eigenvalue weighted by atomic mass is 10.2. The zero-order chi connectivity index (χ0) is 20.1. The minimum atomic E-state index is -3.87. The standard InChI is InChI=1S/C19H17N5O3S/c1-14(24-10-4-9-21-24)19(25)22-16-6-3-7-17(12-16)23-28(26,27)18-8-2-5-15(11-18)13-20/h2-12,14,23H,1H3,(H,22,25). The van der Waals surface area contributed by atoms with Gasteiger partial charge >= 0.3 is 0 Å². The number of nitriles is 1. The topological polar surface area (TPSA) is 117 Å². The molecule has 3 aromatic rings. The summed E-state index contributed by atoms with van der Waals surface area (Å²) >= 11 is 0. The summed E-state index contributed by atoms with van der Waals surface area (Å²) in [5.41, 5.74) is 0.971. The predicted octanol–water partition coefficient (Wildman–Crippen LogP) is 2.76. The number of rotatable bonds is 6. The molecule has 1 amide bonds. The van der Waals surface area contributed by atoms with Gasteiger partial charge in [-0.15, -0.1) is 0 Å². The molecule has 0 saturated heterocycles. The molecule has 0 fully saturated rings. The number of hydrogen-bond donors (Lipinski definition) is 2. The van der Waals surface area contributed by atoms with Crippen LogP contribution in [0.5, 0.6) is 0 Å². The van der Waals surface area contributed by atoms with Crippen LogP contribution in [0.2, 0.25) is 0 Å². The molecule has 0 bridgehead atoms. The Kier molecular flexibility index (Phi) is 5.42. The Morgan fingerprint density at radius 3 is 2.61 bits per heavy atom. The summed E-state index contributed by atoms with van der Waals surface area (Å²) in [6, 6.07) is 15.2. The number of anilines is 2. The van der Waals surface area contributed by atoms with E-state index >= 15 is 0 Å². The monoisotopic (exact) mass is 395 g/mol. The third kappa shape index (κ3) is 4.36. The van der Waals surface area contributed by atoms with Crippen LogP contribution in [-0.4, -0.2) is 24.1 Å². The zero-order valence-electron chi connectivity index (χ0n) is 14.9. The number of nitrogens with zero attached hydrogens (tertiary/aromatic N) is 3. The molecule has 0 spiro atoms. The minimum Gasteiger partial charge on any atom is -0.324 e. The van der Waals surface area contributed by atoms with E-state index in [-0.39, 0.29) is 22.1 Å². The van der Waals surface area contributed by atoms with Gasteiger partial charge < -0.3 is 5.32 Å². The first-order valence-electron chi connectivity index (χ1n) is 8.32. The second-order valence-electron chi connectivity index (χ2n) is 5.98. The zero-order valence-corrected chi connectivity index (χ0v) is 15.7. The molecule has 3 rings (SSSR count). The molecule has 0 aliphatic heterocycles. The second kappa shape index (κ2) is 7.94. The lowest BCUT2D eigenvalue weighted by Gasteiger charge is -2.14. The molecule has 0 radical (unpaired) electrons. The highest BCUT2D eigenvalue weighted by Crippen LogP contribution is 2.21. The molecule has 2 N–H and O–H groups in total. The van der Waals surface area contributed by atoms with Crippen molar-refractivity contribution in [3.63, 3.8) is 0 Å².